The second-order valence-electron chi connectivity index (χ2n) is 4.66. The lowest BCUT2D eigenvalue weighted by Gasteiger charge is -2.25. The molecular weight excluding hydrogens is 271 g/mol. The van der Waals surface area contributed by atoms with Gasteiger partial charge in [-0.15, -0.1) is 0 Å². The molecule has 0 fully saturated rings. The van der Waals surface area contributed by atoms with Gasteiger partial charge < -0.3 is 9.75 Å². The van der Waals surface area contributed by atoms with Crippen molar-refractivity contribution in [3.8, 4) is 5.88 Å². The first-order valence-corrected chi connectivity index (χ1v) is 6.15. The summed E-state index contributed by atoms with van der Waals surface area (Å²) >= 11 is 0. The number of nitrogens with zero attached hydrogens (tertiary/aromatic N) is 3. The van der Waals surface area contributed by atoms with Gasteiger partial charge in [0.05, 0.1) is 0 Å². The fourth-order valence-corrected chi connectivity index (χ4v) is 1.96. The zero-order valence-electron chi connectivity index (χ0n) is 11.3. The van der Waals surface area contributed by atoms with E-state index < -0.39 is 12.8 Å². The number of aryl methyl sites for hydroxylation is 1. The minimum atomic E-state index is -4.36. The third kappa shape index (κ3) is 4.12. The van der Waals surface area contributed by atoms with E-state index in [4.69, 9.17) is 4.74 Å². The van der Waals surface area contributed by atoms with Gasteiger partial charge >= 0.3 is 6.18 Å². The van der Waals surface area contributed by atoms with Crippen molar-refractivity contribution >= 4 is 0 Å². The maximum Gasteiger partial charge on any atom is 0.422 e. The Kier molecular flexibility index (Phi) is 4.17. The highest BCUT2D eigenvalue weighted by atomic mass is 19.4. The van der Waals surface area contributed by atoms with Crippen molar-refractivity contribution in [2.45, 2.75) is 19.6 Å². The Morgan fingerprint density at radius 1 is 1.35 bits per heavy atom. The SMILES string of the molecule is Cc1cc(CN2CC=CN2C)cc(OCC(F)(F)F)n1. The standard InChI is InChI=1S/C13H16F3N3O/c1-10-6-11(8-19-5-3-4-18(19)2)7-12(17-10)20-9-13(14,15)16/h3-4,6-7H,5,8-9H2,1-2H3. The molecular formula is C13H16F3N3O. The van der Waals surface area contributed by atoms with E-state index in [1.54, 1.807) is 13.0 Å². The molecule has 0 saturated heterocycles. The van der Waals surface area contributed by atoms with E-state index in [1.807, 2.05) is 35.4 Å². The highest BCUT2D eigenvalue weighted by molar-refractivity contribution is 5.25. The lowest BCUT2D eigenvalue weighted by Crippen LogP contribution is -2.31. The van der Waals surface area contributed by atoms with Gasteiger partial charge in [0, 0.05) is 38.1 Å². The molecule has 0 amide bonds. The van der Waals surface area contributed by atoms with Gasteiger partial charge in [-0.05, 0) is 18.6 Å². The molecule has 1 aliphatic rings. The van der Waals surface area contributed by atoms with Gasteiger partial charge in [0.15, 0.2) is 6.61 Å². The third-order valence-electron chi connectivity index (χ3n) is 2.82. The Bertz CT molecular complexity index is 502. The van der Waals surface area contributed by atoms with E-state index in [2.05, 4.69) is 4.98 Å². The zero-order chi connectivity index (χ0) is 14.8. The molecule has 1 aliphatic heterocycles. The molecule has 1 aromatic rings. The number of hydrogen-bond donors (Lipinski definition) is 0. The third-order valence-corrected chi connectivity index (χ3v) is 2.82. The van der Waals surface area contributed by atoms with Crippen LogP contribution in [0.3, 0.4) is 0 Å². The van der Waals surface area contributed by atoms with Gasteiger partial charge in [-0.1, -0.05) is 6.08 Å². The second-order valence-corrected chi connectivity index (χ2v) is 4.66. The van der Waals surface area contributed by atoms with E-state index in [9.17, 15) is 13.2 Å². The van der Waals surface area contributed by atoms with Gasteiger partial charge in [-0.3, -0.25) is 0 Å². The largest absolute Gasteiger partial charge is 0.468 e. The molecule has 0 bridgehead atoms. The summed E-state index contributed by atoms with van der Waals surface area (Å²) in [5.74, 6) is 0.00661. The Morgan fingerprint density at radius 2 is 2.10 bits per heavy atom. The summed E-state index contributed by atoms with van der Waals surface area (Å²) in [5, 5.41) is 3.98. The monoisotopic (exact) mass is 287 g/mol. The molecule has 0 saturated carbocycles. The maximum atomic E-state index is 12.1. The van der Waals surface area contributed by atoms with E-state index >= 15 is 0 Å². The van der Waals surface area contributed by atoms with E-state index in [-0.39, 0.29) is 5.88 Å². The van der Waals surface area contributed by atoms with Gasteiger partial charge in [-0.2, -0.15) is 13.2 Å². The predicted molar refractivity (Wildman–Crippen MR) is 67.8 cm³/mol. The molecule has 0 N–H and O–H groups in total. The molecule has 0 aliphatic carbocycles. The summed E-state index contributed by atoms with van der Waals surface area (Å²) in [5.41, 5.74) is 1.50. The Labute approximate surface area is 115 Å². The number of hydrazine groups is 1. The molecule has 0 aromatic carbocycles. The highest BCUT2D eigenvalue weighted by Gasteiger charge is 2.28. The summed E-state index contributed by atoms with van der Waals surface area (Å²) < 4.78 is 41.1. The molecule has 0 unspecified atom stereocenters. The number of hydrogen-bond acceptors (Lipinski definition) is 4. The van der Waals surface area contributed by atoms with E-state index in [0.717, 1.165) is 12.1 Å². The molecule has 110 valence electrons. The molecule has 1 aromatic heterocycles. The molecule has 20 heavy (non-hydrogen) atoms. The molecule has 4 nitrogen and oxygen atoms in total. The van der Waals surface area contributed by atoms with Crippen LogP contribution in [-0.4, -0.2) is 41.4 Å². The molecule has 2 rings (SSSR count). The molecule has 0 radical (unpaired) electrons. The Balaban J connectivity index is 2.04. The fourth-order valence-electron chi connectivity index (χ4n) is 1.96. The average Bonchev–Trinajstić information content (AvgIpc) is 2.71. The minimum absolute atomic E-state index is 0.00661. The van der Waals surface area contributed by atoms with Crippen molar-refractivity contribution < 1.29 is 17.9 Å². The van der Waals surface area contributed by atoms with Crippen LogP contribution in [0.1, 0.15) is 11.3 Å². The van der Waals surface area contributed by atoms with Crippen LogP contribution < -0.4 is 4.74 Å². The van der Waals surface area contributed by atoms with Gasteiger partial charge in [-0.25, -0.2) is 9.99 Å². The number of rotatable bonds is 4. The first-order chi connectivity index (χ1) is 9.33. The van der Waals surface area contributed by atoms with Crippen molar-refractivity contribution in [3.05, 3.63) is 35.7 Å². The number of pyridine rings is 1. The van der Waals surface area contributed by atoms with E-state index in [0.29, 0.717) is 12.2 Å². The quantitative estimate of drug-likeness (QED) is 0.851. The van der Waals surface area contributed by atoms with Crippen LogP contribution in [0.15, 0.2) is 24.4 Å². The van der Waals surface area contributed by atoms with Crippen LogP contribution in [0.4, 0.5) is 13.2 Å². The Hall–Kier alpha value is -1.76. The average molecular weight is 287 g/mol. The highest BCUT2D eigenvalue weighted by Crippen LogP contribution is 2.20. The van der Waals surface area contributed by atoms with E-state index in [1.165, 1.54) is 0 Å². The number of aromatic nitrogens is 1. The van der Waals surface area contributed by atoms with Gasteiger partial charge in [0.2, 0.25) is 5.88 Å². The number of alkyl halides is 3. The molecule has 0 spiro atoms. The van der Waals surface area contributed by atoms with Crippen LogP contribution in [0, 0.1) is 6.92 Å². The topological polar surface area (TPSA) is 28.6 Å². The van der Waals surface area contributed by atoms with Gasteiger partial charge in [0.1, 0.15) is 0 Å². The van der Waals surface area contributed by atoms with Crippen LogP contribution >= 0.6 is 0 Å². The van der Waals surface area contributed by atoms with Crippen LogP contribution in [0.5, 0.6) is 5.88 Å². The lowest BCUT2D eigenvalue weighted by atomic mass is 10.2. The first-order valence-electron chi connectivity index (χ1n) is 6.15. The first kappa shape index (κ1) is 14.6. The van der Waals surface area contributed by atoms with Crippen molar-refractivity contribution in [1.29, 1.82) is 0 Å². The fraction of sp³-hybridized carbons (Fsp3) is 0.462. The van der Waals surface area contributed by atoms with Crippen molar-refractivity contribution in [2.24, 2.45) is 0 Å². The summed E-state index contributed by atoms with van der Waals surface area (Å²) in [6, 6.07) is 3.39. The molecule has 0 atom stereocenters. The second kappa shape index (κ2) is 5.70. The smallest absolute Gasteiger partial charge is 0.422 e. The zero-order valence-corrected chi connectivity index (χ0v) is 11.3. The van der Waals surface area contributed by atoms with Crippen molar-refractivity contribution in [1.82, 2.24) is 15.0 Å². The summed E-state index contributed by atoms with van der Waals surface area (Å²) in [6.07, 6.45) is -0.408. The van der Waals surface area contributed by atoms with Crippen molar-refractivity contribution in [2.75, 3.05) is 20.2 Å². The number of halogens is 3. The van der Waals surface area contributed by atoms with Crippen LogP contribution in [-0.2, 0) is 6.54 Å². The normalized spacial score (nSPS) is 15.9. The predicted octanol–water partition coefficient (Wildman–Crippen LogP) is 2.51. The maximum absolute atomic E-state index is 12.1. The summed E-state index contributed by atoms with van der Waals surface area (Å²) in [4.78, 5) is 3.96. The molecule has 2 heterocycles. The number of ether oxygens (including phenoxy) is 1. The minimum Gasteiger partial charge on any atom is -0.468 e. The van der Waals surface area contributed by atoms with Crippen LogP contribution in [0.25, 0.3) is 0 Å². The Morgan fingerprint density at radius 3 is 2.70 bits per heavy atom. The van der Waals surface area contributed by atoms with Crippen LogP contribution in [0.2, 0.25) is 0 Å². The van der Waals surface area contributed by atoms with Crippen molar-refractivity contribution in [3.63, 3.8) is 0 Å². The summed E-state index contributed by atoms with van der Waals surface area (Å²) in [7, 11) is 1.92. The lowest BCUT2D eigenvalue weighted by molar-refractivity contribution is -0.154. The summed E-state index contributed by atoms with van der Waals surface area (Å²) in [6.45, 7) is 1.77. The van der Waals surface area contributed by atoms with Gasteiger partial charge in [0.25, 0.3) is 0 Å². The molecule has 7 heteroatoms.